The molecule has 0 saturated carbocycles. The third kappa shape index (κ3) is 8.13. The highest BCUT2D eigenvalue weighted by Gasteiger charge is 2.34. The Kier molecular flexibility index (Phi) is 10.9. The van der Waals surface area contributed by atoms with Crippen molar-refractivity contribution in [2.45, 2.75) is 83.0 Å². The van der Waals surface area contributed by atoms with Crippen LogP contribution in [0.25, 0.3) is 0 Å². The van der Waals surface area contributed by atoms with Crippen LogP contribution in [-0.2, 0) is 22.4 Å². The number of benzene rings is 2. The first-order valence-corrected chi connectivity index (χ1v) is 16.4. The van der Waals surface area contributed by atoms with Crippen LogP contribution in [0.2, 0.25) is 5.02 Å². The first-order chi connectivity index (χ1) is 20.4. The minimum atomic E-state index is -0.606. The maximum absolute atomic E-state index is 14.0. The van der Waals surface area contributed by atoms with E-state index in [2.05, 4.69) is 52.9 Å². The fraction of sp³-hybridized carbons (Fsp3) is 0.588. The van der Waals surface area contributed by atoms with Crippen molar-refractivity contribution in [3.8, 4) is 0 Å². The van der Waals surface area contributed by atoms with E-state index in [0.717, 1.165) is 64.1 Å². The van der Waals surface area contributed by atoms with E-state index in [9.17, 15) is 9.59 Å². The van der Waals surface area contributed by atoms with Gasteiger partial charge in [-0.05, 0) is 86.5 Å². The summed E-state index contributed by atoms with van der Waals surface area (Å²) in [4.78, 5) is 32.2. The first-order valence-electron chi connectivity index (χ1n) is 16.0. The van der Waals surface area contributed by atoms with E-state index in [0.29, 0.717) is 35.9 Å². The van der Waals surface area contributed by atoms with Gasteiger partial charge in [-0.3, -0.25) is 14.5 Å². The topological polar surface area (TPSA) is 76.7 Å². The monoisotopic (exact) mass is 593 g/mol. The minimum Gasteiger partial charge on any atom is -0.344 e. The number of piperidine rings is 2. The van der Waals surface area contributed by atoms with Gasteiger partial charge in [0.05, 0.1) is 0 Å². The lowest BCUT2D eigenvalue weighted by Gasteiger charge is -2.45. The van der Waals surface area contributed by atoms with E-state index in [1.807, 2.05) is 35.2 Å². The van der Waals surface area contributed by atoms with Gasteiger partial charge >= 0.3 is 0 Å². The van der Waals surface area contributed by atoms with Crippen molar-refractivity contribution in [1.29, 1.82) is 0 Å². The van der Waals surface area contributed by atoms with Crippen LogP contribution < -0.4 is 16.0 Å². The van der Waals surface area contributed by atoms with Crippen LogP contribution >= 0.6 is 11.6 Å². The van der Waals surface area contributed by atoms with Gasteiger partial charge in [0.2, 0.25) is 11.8 Å². The van der Waals surface area contributed by atoms with Gasteiger partial charge in [-0.15, -0.1) is 0 Å². The van der Waals surface area contributed by atoms with Crippen LogP contribution in [-0.4, -0.2) is 79.0 Å². The van der Waals surface area contributed by atoms with Crippen LogP contribution in [0.3, 0.4) is 0 Å². The van der Waals surface area contributed by atoms with Gasteiger partial charge in [0.25, 0.3) is 0 Å². The number of hydrogen-bond donors (Lipinski definition) is 3. The Morgan fingerprint density at radius 3 is 2.38 bits per heavy atom. The Bertz CT molecular complexity index is 1170. The van der Waals surface area contributed by atoms with E-state index in [4.69, 9.17) is 11.6 Å². The lowest BCUT2D eigenvalue weighted by molar-refractivity contribution is -0.138. The summed E-state index contributed by atoms with van der Waals surface area (Å²) in [6.45, 7) is 10.2. The Morgan fingerprint density at radius 2 is 1.67 bits per heavy atom. The molecule has 3 N–H and O–H groups in total. The summed E-state index contributed by atoms with van der Waals surface area (Å²) in [7, 11) is 0. The zero-order valence-corrected chi connectivity index (χ0v) is 26.0. The molecule has 8 heteroatoms. The van der Waals surface area contributed by atoms with Gasteiger partial charge in [-0.25, -0.2) is 0 Å². The fourth-order valence-corrected chi connectivity index (χ4v) is 7.19. The molecule has 7 nitrogen and oxygen atoms in total. The molecule has 3 heterocycles. The standard InChI is InChI=1S/C34H48ClN5O2/c1-24(2)23-40(28-12-16-36-17-13-28)29-14-19-39(20-15-29)34(42)32(21-25-7-9-27(35)10-8-25)38-33(41)22-31-30-6-4-3-5-26(30)11-18-37-31/h3-10,24,28-29,31-32,36-37H,11-23H2,1-2H3,(H,38,41)/t31?,32-/m1/s1. The number of hydrogen-bond acceptors (Lipinski definition) is 5. The predicted octanol–water partition coefficient (Wildman–Crippen LogP) is 4.35. The Labute approximate surface area is 256 Å². The fourth-order valence-electron chi connectivity index (χ4n) is 7.06. The molecule has 2 atom stereocenters. The number of rotatable bonds is 10. The molecule has 0 radical (unpaired) electrons. The van der Waals surface area contributed by atoms with Gasteiger partial charge in [-0.2, -0.15) is 0 Å². The van der Waals surface area contributed by atoms with Gasteiger partial charge in [0.1, 0.15) is 6.04 Å². The summed E-state index contributed by atoms with van der Waals surface area (Å²) >= 11 is 6.13. The molecule has 2 saturated heterocycles. The number of carbonyl (C=O) groups excluding carboxylic acids is 2. The molecule has 3 aliphatic rings. The lowest BCUT2D eigenvalue weighted by Crippen LogP contribution is -2.56. The van der Waals surface area contributed by atoms with Gasteiger partial charge < -0.3 is 20.9 Å². The van der Waals surface area contributed by atoms with Crippen molar-refractivity contribution in [3.05, 3.63) is 70.2 Å². The smallest absolute Gasteiger partial charge is 0.245 e. The second-order valence-electron chi connectivity index (χ2n) is 12.7. The zero-order chi connectivity index (χ0) is 29.5. The normalized spacial score (nSPS) is 20.9. The van der Waals surface area contributed by atoms with E-state index < -0.39 is 6.04 Å². The molecule has 0 spiro atoms. The number of nitrogens with zero attached hydrogens (tertiary/aromatic N) is 2. The number of halogens is 1. The number of amides is 2. The summed E-state index contributed by atoms with van der Waals surface area (Å²) in [5.41, 5.74) is 3.46. The molecule has 2 fully saturated rings. The average molecular weight is 594 g/mol. The summed E-state index contributed by atoms with van der Waals surface area (Å²) in [6.07, 6.45) is 6.07. The molecular formula is C34H48ClN5O2. The minimum absolute atomic E-state index is 0.0195. The van der Waals surface area contributed by atoms with E-state index in [1.165, 1.54) is 24.0 Å². The van der Waals surface area contributed by atoms with Crippen LogP contribution in [0, 0.1) is 5.92 Å². The number of fused-ring (bicyclic) bond motifs is 1. The zero-order valence-electron chi connectivity index (χ0n) is 25.3. The average Bonchev–Trinajstić information content (AvgIpc) is 3.01. The molecule has 0 bridgehead atoms. The van der Waals surface area contributed by atoms with Crippen molar-refractivity contribution in [2.75, 3.05) is 39.3 Å². The SMILES string of the molecule is CC(C)CN(C1CCNCC1)C1CCN(C(=O)[C@@H](Cc2ccc(Cl)cc2)NC(=O)CC2NCCc3ccccc32)CC1. The van der Waals surface area contributed by atoms with Crippen LogP contribution in [0.15, 0.2) is 48.5 Å². The molecule has 228 valence electrons. The van der Waals surface area contributed by atoms with Crippen LogP contribution in [0.1, 0.15) is 68.7 Å². The molecular weight excluding hydrogens is 546 g/mol. The van der Waals surface area contributed by atoms with Gasteiger partial charge in [0, 0.05) is 55.6 Å². The van der Waals surface area contributed by atoms with Gasteiger partial charge in [-0.1, -0.05) is 61.8 Å². The van der Waals surface area contributed by atoms with Crippen molar-refractivity contribution in [2.24, 2.45) is 5.92 Å². The van der Waals surface area contributed by atoms with Crippen LogP contribution in [0.5, 0.6) is 0 Å². The first kappa shape index (κ1) is 31.0. The second kappa shape index (κ2) is 14.8. The number of likely N-dealkylation sites (tertiary alicyclic amines) is 1. The maximum Gasteiger partial charge on any atom is 0.245 e. The Balaban J connectivity index is 1.24. The number of nitrogens with one attached hydrogen (secondary N) is 3. The van der Waals surface area contributed by atoms with Crippen molar-refractivity contribution < 1.29 is 9.59 Å². The third-order valence-electron chi connectivity index (χ3n) is 9.19. The highest BCUT2D eigenvalue weighted by molar-refractivity contribution is 6.30. The van der Waals surface area contributed by atoms with Gasteiger partial charge in [0.15, 0.2) is 0 Å². The summed E-state index contributed by atoms with van der Waals surface area (Å²) in [6, 6.07) is 16.4. The van der Waals surface area contributed by atoms with Crippen molar-refractivity contribution >= 4 is 23.4 Å². The maximum atomic E-state index is 14.0. The molecule has 2 aromatic carbocycles. The van der Waals surface area contributed by atoms with E-state index in [-0.39, 0.29) is 17.9 Å². The molecule has 0 aromatic heterocycles. The van der Waals surface area contributed by atoms with E-state index >= 15 is 0 Å². The molecule has 42 heavy (non-hydrogen) atoms. The molecule has 2 aromatic rings. The van der Waals surface area contributed by atoms with Crippen molar-refractivity contribution in [1.82, 2.24) is 25.8 Å². The molecule has 5 rings (SSSR count). The molecule has 2 amide bonds. The third-order valence-corrected chi connectivity index (χ3v) is 9.44. The summed E-state index contributed by atoms with van der Waals surface area (Å²) < 4.78 is 0. The summed E-state index contributed by atoms with van der Waals surface area (Å²) in [5, 5.41) is 10.8. The predicted molar refractivity (Wildman–Crippen MR) is 170 cm³/mol. The highest BCUT2D eigenvalue weighted by Crippen LogP contribution is 2.27. The molecule has 3 aliphatic heterocycles. The Hall–Kier alpha value is -2.45. The largest absolute Gasteiger partial charge is 0.344 e. The lowest BCUT2D eigenvalue weighted by atomic mass is 9.92. The van der Waals surface area contributed by atoms with E-state index in [1.54, 1.807) is 0 Å². The van der Waals surface area contributed by atoms with Crippen LogP contribution in [0.4, 0.5) is 0 Å². The van der Waals surface area contributed by atoms with Crippen molar-refractivity contribution in [3.63, 3.8) is 0 Å². The summed E-state index contributed by atoms with van der Waals surface area (Å²) in [5.74, 6) is 0.538. The molecule has 1 unspecified atom stereocenters. The molecule has 0 aliphatic carbocycles. The second-order valence-corrected chi connectivity index (χ2v) is 13.2. The number of carbonyl (C=O) groups is 2. The quantitative estimate of drug-likeness (QED) is 0.382. The Morgan fingerprint density at radius 1 is 0.976 bits per heavy atom. The highest BCUT2D eigenvalue weighted by atomic mass is 35.5.